The maximum atomic E-state index is 12.5. The van der Waals surface area contributed by atoms with E-state index in [1.165, 1.54) is 6.20 Å². The molecule has 10 heteroatoms. The summed E-state index contributed by atoms with van der Waals surface area (Å²) < 4.78 is 26.6. The number of fused-ring (bicyclic) bond motifs is 1. The molecule has 0 unspecified atom stereocenters. The SMILES string of the molecule is CS(=O)(=O)c1nc(-c2ccc(C#N)nc2)cn2c(-c3ccc(C(=O)NC4CC4)cc3)cnc12. The Kier molecular flexibility index (Phi) is 4.91. The van der Waals surface area contributed by atoms with Gasteiger partial charge in [-0.05, 0) is 37.1 Å². The minimum atomic E-state index is -3.69. The fourth-order valence-electron chi connectivity index (χ4n) is 3.46. The summed E-state index contributed by atoms with van der Waals surface area (Å²) in [5, 5.41) is 11.8. The molecule has 0 bridgehead atoms. The molecule has 3 heterocycles. The van der Waals surface area contributed by atoms with Crippen molar-refractivity contribution in [1.82, 2.24) is 24.7 Å². The van der Waals surface area contributed by atoms with Crippen LogP contribution in [0.4, 0.5) is 0 Å². The molecule has 1 N–H and O–H groups in total. The van der Waals surface area contributed by atoms with Crippen LogP contribution in [0.2, 0.25) is 0 Å². The number of hydrogen-bond acceptors (Lipinski definition) is 7. The van der Waals surface area contributed by atoms with Crippen LogP contribution in [0.15, 0.2) is 60.0 Å². The number of imidazole rings is 1. The van der Waals surface area contributed by atoms with Gasteiger partial charge in [0, 0.05) is 41.4 Å². The van der Waals surface area contributed by atoms with Gasteiger partial charge in [0.25, 0.3) is 5.91 Å². The lowest BCUT2D eigenvalue weighted by Crippen LogP contribution is -2.25. The fraction of sp³-hybridized carbons (Fsp3) is 0.174. The van der Waals surface area contributed by atoms with Crippen LogP contribution in [0.1, 0.15) is 28.9 Å². The van der Waals surface area contributed by atoms with E-state index in [-0.39, 0.29) is 28.3 Å². The smallest absolute Gasteiger partial charge is 0.251 e. The number of nitrogens with one attached hydrogen (secondary N) is 1. The van der Waals surface area contributed by atoms with Gasteiger partial charge in [-0.1, -0.05) is 12.1 Å². The van der Waals surface area contributed by atoms with Crippen molar-refractivity contribution in [2.45, 2.75) is 23.9 Å². The number of hydrogen-bond donors (Lipinski definition) is 1. The van der Waals surface area contributed by atoms with Gasteiger partial charge in [0.1, 0.15) is 11.8 Å². The quantitative estimate of drug-likeness (QED) is 0.486. The first kappa shape index (κ1) is 20.8. The molecule has 1 fully saturated rings. The largest absolute Gasteiger partial charge is 0.349 e. The third-order valence-corrected chi connectivity index (χ3v) is 6.32. The molecule has 0 radical (unpaired) electrons. The Labute approximate surface area is 189 Å². The van der Waals surface area contributed by atoms with Gasteiger partial charge < -0.3 is 5.32 Å². The summed E-state index contributed by atoms with van der Waals surface area (Å²) in [5.74, 6) is -0.110. The van der Waals surface area contributed by atoms with Crippen LogP contribution in [0.3, 0.4) is 0 Å². The van der Waals surface area contributed by atoms with Crippen molar-refractivity contribution in [3.8, 4) is 28.6 Å². The van der Waals surface area contributed by atoms with Gasteiger partial charge in [-0.15, -0.1) is 0 Å². The Morgan fingerprint density at radius 1 is 1.09 bits per heavy atom. The third kappa shape index (κ3) is 4.06. The Hall–Kier alpha value is -4.10. The van der Waals surface area contributed by atoms with Crippen molar-refractivity contribution in [3.63, 3.8) is 0 Å². The molecule has 1 amide bonds. The van der Waals surface area contributed by atoms with E-state index in [0.717, 1.165) is 24.7 Å². The number of benzene rings is 1. The summed E-state index contributed by atoms with van der Waals surface area (Å²) in [6.45, 7) is 0. The van der Waals surface area contributed by atoms with Gasteiger partial charge in [0.2, 0.25) is 0 Å². The predicted molar refractivity (Wildman–Crippen MR) is 120 cm³/mol. The van der Waals surface area contributed by atoms with Crippen LogP contribution in [-0.2, 0) is 9.84 Å². The first-order chi connectivity index (χ1) is 15.8. The summed E-state index contributed by atoms with van der Waals surface area (Å²) in [4.78, 5) is 25.0. The number of amides is 1. The molecule has 1 aliphatic carbocycles. The number of nitriles is 1. The third-order valence-electron chi connectivity index (χ3n) is 5.34. The number of carbonyl (C=O) groups excluding carboxylic acids is 1. The molecule has 9 nitrogen and oxygen atoms in total. The summed E-state index contributed by atoms with van der Waals surface area (Å²) in [6.07, 6.45) is 7.84. The standard InChI is InChI=1S/C23H18N6O3S/c1-33(31,32)23-21-26-12-20(14-2-4-15(5-3-14)22(30)27-17-8-9-17)29(21)13-19(28-23)16-6-7-18(10-24)25-11-16/h2-7,11-13,17H,8-9H2,1H3,(H,27,30). The Balaban J connectivity index is 1.61. The maximum Gasteiger partial charge on any atom is 0.251 e. The molecule has 3 aromatic heterocycles. The first-order valence-electron chi connectivity index (χ1n) is 10.2. The van der Waals surface area contributed by atoms with Crippen molar-refractivity contribution >= 4 is 21.4 Å². The van der Waals surface area contributed by atoms with Gasteiger partial charge in [0.05, 0.1) is 17.6 Å². The molecule has 1 saturated carbocycles. The van der Waals surface area contributed by atoms with E-state index in [9.17, 15) is 13.2 Å². The fourth-order valence-corrected chi connectivity index (χ4v) is 4.21. The van der Waals surface area contributed by atoms with Crippen molar-refractivity contribution in [2.75, 3.05) is 6.26 Å². The van der Waals surface area contributed by atoms with Crippen molar-refractivity contribution in [3.05, 3.63) is 66.2 Å². The molecule has 0 atom stereocenters. The monoisotopic (exact) mass is 458 g/mol. The zero-order valence-corrected chi connectivity index (χ0v) is 18.4. The average Bonchev–Trinajstić information content (AvgIpc) is 3.53. The van der Waals surface area contributed by atoms with Gasteiger partial charge >= 0.3 is 0 Å². The second-order valence-electron chi connectivity index (χ2n) is 7.91. The number of nitrogens with zero attached hydrogens (tertiary/aromatic N) is 5. The highest BCUT2D eigenvalue weighted by Gasteiger charge is 2.24. The molecule has 1 aromatic carbocycles. The number of sulfone groups is 1. The number of pyridine rings is 1. The highest BCUT2D eigenvalue weighted by atomic mass is 32.2. The Morgan fingerprint density at radius 2 is 1.82 bits per heavy atom. The molecule has 0 saturated heterocycles. The van der Waals surface area contributed by atoms with E-state index >= 15 is 0 Å². The van der Waals surface area contributed by atoms with Gasteiger partial charge in [-0.2, -0.15) is 5.26 Å². The lowest BCUT2D eigenvalue weighted by atomic mass is 10.1. The zero-order valence-electron chi connectivity index (χ0n) is 17.6. The van der Waals surface area contributed by atoms with Crippen LogP contribution >= 0.6 is 0 Å². The van der Waals surface area contributed by atoms with E-state index in [2.05, 4.69) is 20.3 Å². The van der Waals surface area contributed by atoms with Crippen LogP contribution in [0.5, 0.6) is 0 Å². The minimum Gasteiger partial charge on any atom is -0.349 e. The minimum absolute atomic E-state index is 0.110. The lowest BCUT2D eigenvalue weighted by Gasteiger charge is -2.09. The van der Waals surface area contributed by atoms with Crippen molar-refractivity contribution in [2.24, 2.45) is 0 Å². The molecule has 0 spiro atoms. The average molecular weight is 459 g/mol. The predicted octanol–water partition coefficient (Wildman–Crippen LogP) is 2.63. The van der Waals surface area contributed by atoms with Gasteiger partial charge in [-0.3, -0.25) is 9.20 Å². The summed E-state index contributed by atoms with van der Waals surface area (Å²) in [6, 6.07) is 12.5. The number of carbonyl (C=O) groups is 1. The maximum absolute atomic E-state index is 12.5. The molecule has 5 rings (SSSR count). The normalized spacial score (nSPS) is 13.6. The molecular weight excluding hydrogens is 440 g/mol. The lowest BCUT2D eigenvalue weighted by molar-refractivity contribution is 0.0951. The molecule has 0 aliphatic heterocycles. The molecule has 33 heavy (non-hydrogen) atoms. The molecular formula is C23H18N6O3S. The molecule has 1 aliphatic rings. The highest BCUT2D eigenvalue weighted by Crippen LogP contribution is 2.28. The number of aromatic nitrogens is 4. The first-order valence-corrected chi connectivity index (χ1v) is 12.1. The van der Waals surface area contributed by atoms with Crippen LogP contribution in [0, 0.1) is 11.3 Å². The van der Waals surface area contributed by atoms with E-state index < -0.39 is 9.84 Å². The van der Waals surface area contributed by atoms with Crippen molar-refractivity contribution in [1.29, 1.82) is 5.26 Å². The van der Waals surface area contributed by atoms with Crippen LogP contribution < -0.4 is 5.32 Å². The summed E-state index contributed by atoms with van der Waals surface area (Å²) >= 11 is 0. The van der Waals surface area contributed by atoms with Gasteiger partial charge in [-0.25, -0.2) is 23.4 Å². The van der Waals surface area contributed by atoms with Crippen LogP contribution in [-0.4, -0.2) is 46.0 Å². The summed E-state index contributed by atoms with van der Waals surface area (Å²) in [7, 11) is -3.69. The van der Waals surface area contributed by atoms with E-state index in [1.807, 2.05) is 6.07 Å². The Morgan fingerprint density at radius 3 is 2.42 bits per heavy atom. The second-order valence-corrected chi connectivity index (χ2v) is 9.84. The summed E-state index contributed by atoms with van der Waals surface area (Å²) in [5.41, 5.74) is 3.36. The van der Waals surface area contributed by atoms with Gasteiger partial charge in [0.15, 0.2) is 20.5 Å². The highest BCUT2D eigenvalue weighted by molar-refractivity contribution is 7.90. The van der Waals surface area contributed by atoms with Crippen LogP contribution in [0.25, 0.3) is 28.2 Å². The Bertz CT molecular complexity index is 1530. The molecule has 164 valence electrons. The topological polar surface area (TPSA) is 130 Å². The van der Waals surface area contributed by atoms with E-state index in [1.54, 1.807) is 53.2 Å². The number of rotatable bonds is 5. The van der Waals surface area contributed by atoms with E-state index in [0.29, 0.717) is 22.5 Å². The van der Waals surface area contributed by atoms with E-state index in [4.69, 9.17) is 5.26 Å². The van der Waals surface area contributed by atoms with Crippen molar-refractivity contribution < 1.29 is 13.2 Å². The second kappa shape index (κ2) is 7.79. The molecule has 4 aromatic rings. The zero-order chi connectivity index (χ0) is 23.2.